The number of rotatable bonds is 3. The predicted octanol–water partition coefficient (Wildman–Crippen LogP) is 16.7. The van der Waals surface area contributed by atoms with Crippen LogP contribution >= 0.6 is 11.3 Å². The Hall–Kier alpha value is -7.26. The van der Waals surface area contributed by atoms with Crippen molar-refractivity contribution in [3.63, 3.8) is 0 Å². The lowest BCUT2D eigenvalue weighted by atomic mass is 9.85. The lowest BCUT2D eigenvalue weighted by Gasteiger charge is -2.18. The van der Waals surface area contributed by atoms with Gasteiger partial charge in [0.05, 0.1) is 0 Å². The van der Waals surface area contributed by atoms with E-state index in [2.05, 4.69) is 194 Å². The van der Waals surface area contributed by atoms with Crippen molar-refractivity contribution in [2.45, 2.75) is 0 Å². The molecular formula is C56H32OS. The standard InChI is InChI=1S/C56H32OS/c1-2-12-34-30-38(25-21-33(34)11-1)52-41-14-3-5-16-43(41)53(44-17-6-4-15-42(44)52)39-26-23-35-29-37(24-22-36(35)31-39)48-32-49-45(54-47-18-7-9-19-50(47)57-55(48)54)27-28-46-40-13-8-10-20-51(40)58-56(46)49/h1-32H. The average molecular weight is 753 g/mol. The molecule has 0 N–H and O–H groups in total. The van der Waals surface area contributed by atoms with E-state index in [4.69, 9.17) is 4.42 Å². The zero-order valence-corrected chi connectivity index (χ0v) is 32.1. The number of thiophene rings is 1. The number of para-hydroxylation sites is 1. The van der Waals surface area contributed by atoms with Gasteiger partial charge in [-0.15, -0.1) is 11.3 Å². The summed E-state index contributed by atoms with van der Waals surface area (Å²) in [6, 6.07) is 71.5. The minimum absolute atomic E-state index is 0.916. The van der Waals surface area contributed by atoms with Crippen LogP contribution in [-0.2, 0) is 0 Å². The molecule has 11 aromatic carbocycles. The molecule has 2 heteroatoms. The van der Waals surface area contributed by atoms with Crippen LogP contribution in [0.15, 0.2) is 199 Å². The Morgan fingerprint density at radius 3 is 1.52 bits per heavy atom. The molecule has 268 valence electrons. The van der Waals surface area contributed by atoms with Gasteiger partial charge in [-0.05, 0) is 113 Å². The summed E-state index contributed by atoms with van der Waals surface area (Å²) in [5, 5.41) is 17.4. The summed E-state index contributed by atoms with van der Waals surface area (Å²) < 4.78 is 9.39. The van der Waals surface area contributed by atoms with Crippen molar-refractivity contribution in [1.82, 2.24) is 0 Å². The van der Waals surface area contributed by atoms with E-state index in [0.717, 1.165) is 27.7 Å². The first-order chi connectivity index (χ1) is 28.7. The molecule has 0 unspecified atom stereocenters. The Bertz CT molecular complexity index is 3810. The molecule has 0 bridgehead atoms. The predicted molar refractivity (Wildman–Crippen MR) is 250 cm³/mol. The van der Waals surface area contributed by atoms with Crippen molar-refractivity contribution in [2.75, 3.05) is 0 Å². The van der Waals surface area contributed by atoms with E-state index < -0.39 is 0 Å². The summed E-state index contributed by atoms with van der Waals surface area (Å²) in [5.74, 6) is 0. The van der Waals surface area contributed by atoms with Crippen LogP contribution in [0.2, 0.25) is 0 Å². The monoisotopic (exact) mass is 752 g/mol. The molecule has 13 aromatic rings. The second-order valence-electron chi connectivity index (χ2n) is 15.5. The van der Waals surface area contributed by atoms with E-state index >= 15 is 0 Å². The molecule has 0 saturated heterocycles. The molecule has 0 atom stereocenters. The number of furan rings is 1. The second kappa shape index (κ2) is 12.1. The minimum Gasteiger partial charge on any atom is -0.455 e. The first kappa shape index (κ1) is 31.9. The highest BCUT2D eigenvalue weighted by Gasteiger charge is 2.20. The fraction of sp³-hybridized carbons (Fsp3) is 0. The second-order valence-corrected chi connectivity index (χ2v) is 16.6. The third-order valence-corrected chi connectivity index (χ3v) is 13.6. The van der Waals surface area contributed by atoms with Crippen LogP contribution in [0.4, 0.5) is 0 Å². The van der Waals surface area contributed by atoms with E-state index in [0.29, 0.717) is 0 Å². The Labute approximate surface area is 337 Å². The number of fused-ring (bicyclic) bond motifs is 13. The topological polar surface area (TPSA) is 13.1 Å². The van der Waals surface area contributed by atoms with Gasteiger partial charge in [0.1, 0.15) is 11.2 Å². The molecule has 0 saturated carbocycles. The van der Waals surface area contributed by atoms with E-state index in [1.807, 2.05) is 11.3 Å². The van der Waals surface area contributed by atoms with E-state index in [1.54, 1.807) is 0 Å². The highest BCUT2D eigenvalue weighted by Crippen LogP contribution is 2.48. The maximum Gasteiger partial charge on any atom is 0.143 e. The Morgan fingerprint density at radius 2 is 0.828 bits per heavy atom. The molecule has 0 amide bonds. The van der Waals surface area contributed by atoms with Crippen molar-refractivity contribution in [3.05, 3.63) is 194 Å². The maximum atomic E-state index is 6.75. The zero-order chi connectivity index (χ0) is 37.9. The number of benzene rings is 11. The van der Waals surface area contributed by atoms with Crippen molar-refractivity contribution in [3.8, 4) is 33.4 Å². The smallest absolute Gasteiger partial charge is 0.143 e. The summed E-state index contributed by atoms with van der Waals surface area (Å²) >= 11 is 1.88. The molecule has 58 heavy (non-hydrogen) atoms. The molecular weight excluding hydrogens is 721 g/mol. The van der Waals surface area contributed by atoms with Gasteiger partial charge < -0.3 is 4.42 Å². The average Bonchev–Trinajstić information content (AvgIpc) is 3.87. The van der Waals surface area contributed by atoms with E-state index in [9.17, 15) is 0 Å². The summed E-state index contributed by atoms with van der Waals surface area (Å²) in [6.07, 6.45) is 0. The van der Waals surface area contributed by atoms with Crippen LogP contribution in [0.3, 0.4) is 0 Å². The van der Waals surface area contributed by atoms with Crippen LogP contribution in [-0.4, -0.2) is 0 Å². The number of hydrogen-bond acceptors (Lipinski definition) is 2. The van der Waals surface area contributed by atoms with Gasteiger partial charge in [0.15, 0.2) is 0 Å². The highest BCUT2D eigenvalue weighted by molar-refractivity contribution is 7.26. The molecule has 0 aliphatic heterocycles. The van der Waals surface area contributed by atoms with Crippen LogP contribution < -0.4 is 0 Å². The third kappa shape index (κ3) is 4.58. The molecule has 0 aliphatic rings. The molecule has 2 heterocycles. The SMILES string of the molecule is c1ccc2cc(-c3c4ccccc4c(-c4ccc5cc(-c6cc7c(ccc8c9ccccc9sc87)c7c6oc6ccccc67)ccc5c4)c4ccccc34)ccc2c1. The lowest BCUT2D eigenvalue weighted by Crippen LogP contribution is -1.91. The van der Waals surface area contributed by atoms with Crippen molar-refractivity contribution in [2.24, 2.45) is 0 Å². The molecule has 0 spiro atoms. The van der Waals surface area contributed by atoms with Crippen molar-refractivity contribution in [1.29, 1.82) is 0 Å². The molecule has 1 nitrogen and oxygen atoms in total. The van der Waals surface area contributed by atoms with Crippen molar-refractivity contribution >= 4 is 107 Å². The van der Waals surface area contributed by atoms with Gasteiger partial charge >= 0.3 is 0 Å². The first-order valence-electron chi connectivity index (χ1n) is 19.9. The highest BCUT2D eigenvalue weighted by atomic mass is 32.1. The van der Waals surface area contributed by atoms with Crippen LogP contribution in [0.5, 0.6) is 0 Å². The normalized spacial score (nSPS) is 12.1. The van der Waals surface area contributed by atoms with Crippen LogP contribution in [0.1, 0.15) is 0 Å². The first-order valence-corrected chi connectivity index (χ1v) is 20.7. The van der Waals surface area contributed by atoms with Gasteiger partial charge in [-0.3, -0.25) is 0 Å². The molecule has 0 radical (unpaired) electrons. The fourth-order valence-electron chi connectivity index (χ4n) is 9.76. The van der Waals surface area contributed by atoms with Gasteiger partial charge in [-0.1, -0.05) is 158 Å². The quantitative estimate of drug-likeness (QED) is 0.164. The molecule has 0 fully saturated rings. The summed E-state index contributed by atoms with van der Waals surface area (Å²) in [5.41, 5.74) is 9.14. The van der Waals surface area contributed by atoms with Gasteiger partial charge in [0.2, 0.25) is 0 Å². The summed E-state index contributed by atoms with van der Waals surface area (Å²) in [4.78, 5) is 0. The van der Waals surface area contributed by atoms with E-state index in [-0.39, 0.29) is 0 Å². The van der Waals surface area contributed by atoms with Gasteiger partial charge in [0.25, 0.3) is 0 Å². The summed E-state index contributed by atoms with van der Waals surface area (Å²) in [7, 11) is 0. The van der Waals surface area contributed by atoms with Crippen LogP contribution in [0.25, 0.3) is 129 Å². The fourth-order valence-corrected chi connectivity index (χ4v) is 11.0. The Balaban J connectivity index is 1.01. The Kier molecular flexibility index (Phi) is 6.66. The van der Waals surface area contributed by atoms with Gasteiger partial charge in [-0.25, -0.2) is 0 Å². The molecule has 13 rings (SSSR count). The molecule has 0 aliphatic carbocycles. The van der Waals surface area contributed by atoms with Gasteiger partial charge in [0, 0.05) is 41.9 Å². The van der Waals surface area contributed by atoms with E-state index in [1.165, 1.54) is 102 Å². The van der Waals surface area contributed by atoms with Crippen molar-refractivity contribution < 1.29 is 4.42 Å². The third-order valence-electron chi connectivity index (χ3n) is 12.4. The molecule has 2 aromatic heterocycles. The number of hydrogen-bond donors (Lipinski definition) is 0. The zero-order valence-electron chi connectivity index (χ0n) is 31.3. The maximum absolute atomic E-state index is 6.75. The minimum atomic E-state index is 0.916. The lowest BCUT2D eigenvalue weighted by molar-refractivity contribution is 0.670. The summed E-state index contributed by atoms with van der Waals surface area (Å²) in [6.45, 7) is 0. The Morgan fingerprint density at radius 1 is 0.328 bits per heavy atom. The van der Waals surface area contributed by atoms with Crippen LogP contribution in [0, 0.1) is 0 Å². The van der Waals surface area contributed by atoms with Gasteiger partial charge in [-0.2, -0.15) is 0 Å². The largest absolute Gasteiger partial charge is 0.455 e.